The molecule has 0 radical (unpaired) electrons. The van der Waals surface area contributed by atoms with Crippen LogP contribution in [0.25, 0.3) is 0 Å². The van der Waals surface area contributed by atoms with Gasteiger partial charge in [-0.3, -0.25) is 14.4 Å². The summed E-state index contributed by atoms with van der Waals surface area (Å²) >= 11 is 1.64. The third-order valence-corrected chi connectivity index (χ3v) is 7.87. The lowest BCUT2D eigenvalue weighted by Crippen LogP contribution is -2.58. The predicted octanol–water partition coefficient (Wildman–Crippen LogP) is 2.55. The second kappa shape index (κ2) is 14.0. The van der Waals surface area contributed by atoms with Crippen LogP contribution in [-0.4, -0.2) is 73.7 Å². The number of hydrogen-bond acceptors (Lipinski definition) is 9. The lowest BCUT2D eigenvalue weighted by Gasteiger charge is -2.27. The van der Waals surface area contributed by atoms with Gasteiger partial charge in [0, 0.05) is 23.0 Å². The van der Waals surface area contributed by atoms with E-state index < -0.39 is 36.3 Å². The molecule has 2 heterocycles. The van der Waals surface area contributed by atoms with Crippen LogP contribution in [0.15, 0.2) is 52.3 Å². The zero-order valence-corrected chi connectivity index (χ0v) is 24.5. The highest BCUT2D eigenvalue weighted by molar-refractivity contribution is 7.99. The number of aliphatic hydroxyl groups excluding tert-OH is 1. The number of methoxy groups -OCH3 is 1. The molecule has 4 rings (SSSR count). The Morgan fingerprint density at radius 1 is 1.07 bits per heavy atom. The average molecular weight is 587 g/mol. The quantitative estimate of drug-likeness (QED) is 0.216. The summed E-state index contributed by atoms with van der Waals surface area (Å²) < 4.78 is 16.4. The van der Waals surface area contributed by atoms with E-state index in [1.807, 2.05) is 50.2 Å². The normalized spacial score (nSPS) is 19.7. The molecule has 12 heteroatoms. The highest BCUT2D eigenvalue weighted by Gasteiger charge is 2.34. The summed E-state index contributed by atoms with van der Waals surface area (Å²) in [5.74, 6) is -1.08. The van der Waals surface area contributed by atoms with E-state index in [0.29, 0.717) is 25.2 Å². The van der Waals surface area contributed by atoms with Gasteiger partial charge in [-0.1, -0.05) is 37.7 Å². The monoisotopic (exact) mass is 586 g/mol. The fourth-order valence-electron chi connectivity index (χ4n) is 4.66. The maximum atomic E-state index is 13.1. The number of benzene rings is 2. The first-order valence-corrected chi connectivity index (χ1v) is 14.5. The van der Waals surface area contributed by atoms with E-state index in [2.05, 4.69) is 21.3 Å². The van der Waals surface area contributed by atoms with Crippen LogP contribution in [-0.2, 0) is 23.9 Å². The van der Waals surface area contributed by atoms with E-state index >= 15 is 0 Å². The fourth-order valence-corrected chi connectivity index (χ4v) is 5.63. The van der Waals surface area contributed by atoms with Gasteiger partial charge in [-0.05, 0) is 49.9 Å². The van der Waals surface area contributed by atoms with E-state index in [0.717, 1.165) is 21.2 Å². The molecule has 11 nitrogen and oxygen atoms in total. The Labute approximate surface area is 244 Å². The number of para-hydroxylation sites is 1. The molecule has 2 aromatic carbocycles. The van der Waals surface area contributed by atoms with Gasteiger partial charge < -0.3 is 40.6 Å². The molecule has 0 aliphatic carbocycles. The Bertz CT molecular complexity index is 1240. The molecule has 222 valence electrons. The molecule has 2 aromatic rings. The molecular formula is C29H38N4O7S. The maximum absolute atomic E-state index is 13.1. The van der Waals surface area contributed by atoms with Crippen molar-refractivity contribution in [3.63, 3.8) is 0 Å². The number of rotatable bonds is 12. The van der Waals surface area contributed by atoms with Gasteiger partial charge in [0.1, 0.15) is 17.8 Å². The minimum absolute atomic E-state index is 0.0927. The van der Waals surface area contributed by atoms with Gasteiger partial charge in [0.25, 0.3) is 5.91 Å². The third kappa shape index (κ3) is 8.13. The van der Waals surface area contributed by atoms with Gasteiger partial charge in [-0.25, -0.2) is 0 Å². The van der Waals surface area contributed by atoms with Gasteiger partial charge in [0.05, 0.1) is 30.1 Å². The Morgan fingerprint density at radius 3 is 2.56 bits per heavy atom. The molecule has 0 saturated carbocycles. The molecule has 5 atom stereocenters. The van der Waals surface area contributed by atoms with E-state index in [-0.39, 0.29) is 24.5 Å². The second-order valence-corrected chi connectivity index (χ2v) is 11.6. The molecule has 5 N–H and O–H groups in total. The molecule has 0 bridgehead atoms. The van der Waals surface area contributed by atoms with Crippen LogP contribution in [0.3, 0.4) is 0 Å². The largest absolute Gasteiger partial charge is 0.484 e. The molecular weight excluding hydrogens is 548 g/mol. The van der Waals surface area contributed by atoms with Gasteiger partial charge in [-0.2, -0.15) is 0 Å². The van der Waals surface area contributed by atoms with E-state index in [1.165, 1.54) is 14.0 Å². The molecule has 1 saturated heterocycles. The lowest BCUT2D eigenvalue weighted by atomic mass is 10.0. The van der Waals surface area contributed by atoms with Gasteiger partial charge in [0.2, 0.25) is 11.8 Å². The topological polar surface area (TPSA) is 147 Å². The third-order valence-electron chi connectivity index (χ3n) is 6.72. The zero-order valence-electron chi connectivity index (χ0n) is 23.6. The number of amides is 3. The summed E-state index contributed by atoms with van der Waals surface area (Å²) in [6, 6.07) is 11.0. The van der Waals surface area contributed by atoms with Crippen LogP contribution in [0.2, 0.25) is 0 Å². The number of nitrogens with one attached hydrogen (secondary N) is 4. The summed E-state index contributed by atoms with van der Waals surface area (Å²) in [4.78, 5) is 41.1. The zero-order chi connectivity index (χ0) is 29.5. The van der Waals surface area contributed by atoms with Crippen molar-refractivity contribution in [1.82, 2.24) is 16.0 Å². The molecule has 2 aliphatic heterocycles. The maximum Gasteiger partial charge on any atom is 0.258 e. The fraction of sp³-hybridized carbons (Fsp3) is 0.483. The first-order valence-electron chi connectivity index (χ1n) is 13.7. The number of aliphatic hydroxyl groups is 1. The van der Waals surface area contributed by atoms with Crippen molar-refractivity contribution < 1.29 is 33.7 Å². The number of hydrogen-bond donors (Lipinski definition) is 5. The summed E-state index contributed by atoms with van der Waals surface area (Å²) in [6.07, 6.45) is -0.820. The lowest BCUT2D eigenvalue weighted by molar-refractivity contribution is -0.136. The number of fused-ring (bicyclic) bond motifs is 2. The van der Waals surface area contributed by atoms with Crippen LogP contribution in [0.4, 0.5) is 11.4 Å². The van der Waals surface area contributed by atoms with E-state index in [9.17, 15) is 19.5 Å². The molecule has 3 amide bonds. The van der Waals surface area contributed by atoms with Gasteiger partial charge in [0.15, 0.2) is 12.9 Å². The smallest absolute Gasteiger partial charge is 0.258 e. The van der Waals surface area contributed by atoms with Gasteiger partial charge in [-0.15, -0.1) is 0 Å². The minimum atomic E-state index is -1.28. The van der Waals surface area contributed by atoms with Crippen molar-refractivity contribution in [2.24, 2.45) is 5.92 Å². The Morgan fingerprint density at radius 2 is 1.83 bits per heavy atom. The standard InChI is InChI=1S/C29H38N4O7S/c1-16(2)13-22(27(36)31-20-11-12-39-29(20)38-4)32-28(37)26(17(3)34)33-25(35)15-40-18-9-10-24-21(14-18)30-19-7-5-6-8-23(19)41-24/h5-10,14,16-17,20,22,26,29-30,34H,11-13,15H2,1-4H3,(H,31,36)(H,32,37)(H,33,35)/t17-,20+,22+,26+,29?/m1/s1. The summed E-state index contributed by atoms with van der Waals surface area (Å²) in [6.45, 7) is 5.35. The van der Waals surface area contributed by atoms with Crippen LogP contribution >= 0.6 is 11.8 Å². The number of carbonyl (C=O) groups is 3. The number of anilines is 2. The Balaban J connectivity index is 1.33. The second-order valence-electron chi connectivity index (χ2n) is 10.5. The Kier molecular flexibility index (Phi) is 10.5. The molecule has 1 fully saturated rings. The number of carbonyl (C=O) groups excluding carboxylic acids is 3. The van der Waals surface area contributed by atoms with Crippen molar-refractivity contribution in [3.05, 3.63) is 42.5 Å². The van der Waals surface area contributed by atoms with Crippen LogP contribution in [0.5, 0.6) is 5.75 Å². The molecule has 0 spiro atoms. The van der Waals surface area contributed by atoms with E-state index in [1.54, 1.807) is 17.8 Å². The van der Waals surface area contributed by atoms with Crippen LogP contribution in [0.1, 0.15) is 33.6 Å². The van der Waals surface area contributed by atoms with Crippen molar-refractivity contribution >= 4 is 40.9 Å². The summed E-state index contributed by atoms with van der Waals surface area (Å²) in [7, 11) is 1.50. The SMILES string of the molecule is COC1OCC[C@@H]1NC(=O)[C@H](CC(C)C)NC(=O)[C@@H](NC(=O)COc1ccc2c(c1)Nc1ccccc1S2)[C@@H](C)O. The van der Waals surface area contributed by atoms with Crippen LogP contribution in [0, 0.1) is 5.92 Å². The number of ether oxygens (including phenoxy) is 3. The highest BCUT2D eigenvalue weighted by atomic mass is 32.2. The van der Waals surface area contributed by atoms with Crippen molar-refractivity contribution in [2.45, 2.75) is 73.9 Å². The minimum Gasteiger partial charge on any atom is -0.484 e. The van der Waals surface area contributed by atoms with Crippen molar-refractivity contribution in [1.29, 1.82) is 0 Å². The van der Waals surface area contributed by atoms with Crippen LogP contribution < -0.4 is 26.0 Å². The molecule has 2 aliphatic rings. The first kappa shape index (κ1) is 30.6. The molecule has 1 unspecified atom stereocenters. The van der Waals surface area contributed by atoms with Gasteiger partial charge >= 0.3 is 0 Å². The first-order chi connectivity index (χ1) is 19.6. The van der Waals surface area contributed by atoms with Crippen molar-refractivity contribution in [2.75, 3.05) is 25.6 Å². The summed E-state index contributed by atoms with van der Waals surface area (Å²) in [5.41, 5.74) is 1.86. The average Bonchev–Trinajstić information content (AvgIpc) is 3.39. The Hall–Kier alpha value is -3.32. The summed E-state index contributed by atoms with van der Waals surface area (Å²) in [5, 5.41) is 21.8. The molecule has 41 heavy (non-hydrogen) atoms. The van der Waals surface area contributed by atoms with E-state index in [4.69, 9.17) is 14.2 Å². The predicted molar refractivity (Wildman–Crippen MR) is 154 cm³/mol. The van der Waals surface area contributed by atoms with Crippen molar-refractivity contribution in [3.8, 4) is 5.75 Å². The highest BCUT2D eigenvalue weighted by Crippen LogP contribution is 2.44. The molecule has 0 aromatic heterocycles.